The number of esters is 1. The second-order valence-corrected chi connectivity index (χ2v) is 5.83. The molecule has 3 rings (SSSR count). The molecule has 0 unspecified atom stereocenters. The van der Waals surface area contributed by atoms with Crippen molar-refractivity contribution < 1.29 is 19.1 Å². The van der Waals surface area contributed by atoms with Crippen LogP contribution in [0, 0.1) is 0 Å². The number of carbonyl (C=O) groups excluding carboxylic acids is 3. The summed E-state index contributed by atoms with van der Waals surface area (Å²) in [6.45, 7) is 1.91. The topological polar surface area (TPSA) is 100 Å². The van der Waals surface area contributed by atoms with Gasteiger partial charge in [0, 0.05) is 28.7 Å². The Labute approximate surface area is 155 Å². The van der Waals surface area contributed by atoms with E-state index in [1.807, 2.05) is 31.2 Å². The van der Waals surface area contributed by atoms with E-state index in [9.17, 15) is 14.4 Å². The van der Waals surface area contributed by atoms with Gasteiger partial charge in [-0.05, 0) is 37.3 Å². The minimum absolute atomic E-state index is 0.223. The van der Waals surface area contributed by atoms with E-state index in [1.165, 1.54) is 0 Å². The van der Waals surface area contributed by atoms with Crippen LogP contribution < -0.4 is 10.6 Å². The lowest BCUT2D eigenvalue weighted by Crippen LogP contribution is -2.23. The fourth-order valence-corrected chi connectivity index (χ4v) is 2.59. The van der Waals surface area contributed by atoms with Crippen molar-refractivity contribution >= 4 is 34.4 Å². The van der Waals surface area contributed by atoms with Crippen LogP contribution in [-0.2, 0) is 9.53 Å². The summed E-state index contributed by atoms with van der Waals surface area (Å²) in [5.41, 5.74) is 1.98. The molecule has 138 valence electrons. The summed E-state index contributed by atoms with van der Waals surface area (Å²) < 4.78 is 5.05. The summed E-state index contributed by atoms with van der Waals surface area (Å²) >= 11 is 0. The van der Waals surface area contributed by atoms with Crippen LogP contribution in [0.5, 0.6) is 0 Å². The van der Waals surface area contributed by atoms with Crippen LogP contribution in [0.2, 0.25) is 0 Å². The number of rotatable bonds is 6. The molecule has 0 fully saturated rings. The number of benzene rings is 2. The third kappa shape index (κ3) is 4.52. The first kappa shape index (κ1) is 18.2. The third-order valence-corrected chi connectivity index (χ3v) is 3.83. The maximum atomic E-state index is 12.1. The van der Waals surface area contributed by atoms with Gasteiger partial charge in [0.1, 0.15) is 5.69 Å². The van der Waals surface area contributed by atoms with Crippen molar-refractivity contribution in [1.29, 1.82) is 0 Å². The fourth-order valence-electron chi connectivity index (χ4n) is 2.59. The van der Waals surface area contributed by atoms with Gasteiger partial charge < -0.3 is 20.4 Å². The molecule has 2 aromatic carbocycles. The van der Waals surface area contributed by atoms with Crippen LogP contribution >= 0.6 is 0 Å². The number of hydrogen-bond acceptors (Lipinski definition) is 4. The molecule has 7 nitrogen and oxygen atoms in total. The van der Waals surface area contributed by atoms with E-state index in [4.69, 9.17) is 4.74 Å². The molecule has 3 N–H and O–H groups in total. The molecular formula is C20H19N3O4. The largest absolute Gasteiger partial charge is 0.451 e. The first-order chi connectivity index (χ1) is 13.1. The molecule has 0 bridgehead atoms. The predicted molar refractivity (Wildman–Crippen MR) is 102 cm³/mol. The number of aromatic amines is 1. The molecule has 0 aliphatic rings. The van der Waals surface area contributed by atoms with Crippen LogP contribution in [0.15, 0.2) is 54.6 Å². The van der Waals surface area contributed by atoms with Gasteiger partial charge >= 0.3 is 5.97 Å². The number of anilines is 1. The Morgan fingerprint density at radius 1 is 1.04 bits per heavy atom. The van der Waals surface area contributed by atoms with Crippen molar-refractivity contribution in [1.82, 2.24) is 10.3 Å². The minimum Gasteiger partial charge on any atom is -0.451 e. The Hall–Kier alpha value is -3.61. The molecule has 27 heavy (non-hydrogen) atoms. The Bertz CT molecular complexity index is 961. The van der Waals surface area contributed by atoms with Gasteiger partial charge in [-0.15, -0.1) is 0 Å². The van der Waals surface area contributed by atoms with Gasteiger partial charge in [-0.1, -0.05) is 24.3 Å². The molecule has 7 heteroatoms. The first-order valence-corrected chi connectivity index (χ1v) is 8.50. The molecule has 0 aliphatic carbocycles. The Morgan fingerprint density at radius 3 is 2.63 bits per heavy atom. The van der Waals surface area contributed by atoms with Gasteiger partial charge in [0.05, 0.1) is 0 Å². The Morgan fingerprint density at radius 2 is 1.85 bits per heavy atom. The summed E-state index contributed by atoms with van der Waals surface area (Å²) in [7, 11) is 0. The van der Waals surface area contributed by atoms with E-state index in [-0.39, 0.29) is 11.6 Å². The monoisotopic (exact) mass is 365 g/mol. The predicted octanol–water partition coefficient (Wildman–Crippen LogP) is 2.71. The number of hydrogen-bond donors (Lipinski definition) is 3. The average Bonchev–Trinajstić information content (AvgIpc) is 3.11. The molecular weight excluding hydrogens is 346 g/mol. The summed E-state index contributed by atoms with van der Waals surface area (Å²) in [5.74, 6) is -1.33. The van der Waals surface area contributed by atoms with Gasteiger partial charge in [0.2, 0.25) is 0 Å². The summed E-state index contributed by atoms with van der Waals surface area (Å²) in [5, 5.41) is 6.18. The molecule has 0 spiro atoms. The van der Waals surface area contributed by atoms with Gasteiger partial charge in [0.25, 0.3) is 11.8 Å². The maximum Gasteiger partial charge on any atom is 0.355 e. The molecule has 0 atom stereocenters. The highest BCUT2D eigenvalue weighted by atomic mass is 16.5. The van der Waals surface area contributed by atoms with E-state index in [0.717, 1.165) is 10.9 Å². The van der Waals surface area contributed by atoms with Crippen molar-refractivity contribution in [2.45, 2.75) is 6.92 Å². The smallest absolute Gasteiger partial charge is 0.355 e. The quantitative estimate of drug-likeness (QED) is 0.585. The Balaban J connectivity index is 1.57. The lowest BCUT2D eigenvalue weighted by atomic mass is 10.2. The number of fused-ring (bicyclic) bond motifs is 1. The SMILES string of the molecule is CCNC(=O)c1cccc(NC(=O)COC(=O)c2cc3ccccc3[nH]2)c1. The summed E-state index contributed by atoms with van der Waals surface area (Å²) in [6, 6.07) is 15.6. The molecule has 2 amide bonds. The van der Waals surface area contributed by atoms with E-state index in [0.29, 0.717) is 17.8 Å². The van der Waals surface area contributed by atoms with E-state index in [1.54, 1.807) is 30.3 Å². The molecule has 0 radical (unpaired) electrons. The second kappa shape index (κ2) is 8.18. The van der Waals surface area contributed by atoms with Gasteiger partial charge in [-0.25, -0.2) is 4.79 Å². The van der Waals surface area contributed by atoms with Crippen LogP contribution in [0.25, 0.3) is 10.9 Å². The minimum atomic E-state index is -0.613. The maximum absolute atomic E-state index is 12.1. The number of carbonyl (C=O) groups is 3. The molecule has 1 heterocycles. The highest BCUT2D eigenvalue weighted by Crippen LogP contribution is 2.15. The summed E-state index contributed by atoms with van der Waals surface area (Å²) in [4.78, 5) is 38.9. The lowest BCUT2D eigenvalue weighted by Gasteiger charge is -2.08. The zero-order chi connectivity index (χ0) is 19.2. The van der Waals surface area contributed by atoms with E-state index < -0.39 is 18.5 Å². The highest BCUT2D eigenvalue weighted by Gasteiger charge is 2.13. The van der Waals surface area contributed by atoms with Gasteiger partial charge in [-0.3, -0.25) is 9.59 Å². The van der Waals surface area contributed by atoms with Crippen LogP contribution in [-0.4, -0.2) is 35.9 Å². The first-order valence-electron chi connectivity index (χ1n) is 8.50. The zero-order valence-electron chi connectivity index (χ0n) is 14.7. The van der Waals surface area contributed by atoms with Crippen LogP contribution in [0.1, 0.15) is 27.8 Å². The molecule has 0 saturated carbocycles. The third-order valence-electron chi connectivity index (χ3n) is 3.83. The number of nitrogens with one attached hydrogen (secondary N) is 3. The second-order valence-electron chi connectivity index (χ2n) is 5.83. The van der Waals surface area contributed by atoms with Crippen molar-refractivity contribution in [2.24, 2.45) is 0 Å². The Kier molecular flexibility index (Phi) is 5.51. The number of ether oxygens (including phenoxy) is 1. The molecule has 3 aromatic rings. The van der Waals surface area contributed by atoms with Crippen molar-refractivity contribution in [3.63, 3.8) is 0 Å². The fraction of sp³-hybridized carbons (Fsp3) is 0.150. The van der Waals surface area contributed by atoms with E-state index >= 15 is 0 Å². The van der Waals surface area contributed by atoms with Crippen LogP contribution in [0.4, 0.5) is 5.69 Å². The lowest BCUT2D eigenvalue weighted by molar-refractivity contribution is -0.119. The zero-order valence-corrected chi connectivity index (χ0v) is 14.7. The van der Waals surface area contributed by atoms with Gasteiger partial charge in [0.15, 0.2) is 6.61 Å². The number of amides is 2. The number of aromatic nitrogens is 1. The average molecular weight is 365 g/mol. The standard InChI is InChI=1S/C20H19N3O4/c1-2-21-19(25)14-7-5-8-15(10-14)22-18(24)12-27-20(26)17-11-13-6-3-4-9-16(13)23-17/h3-11,23H,2,12H2,1H3,(H,21,25)(H,22,24). The number of H-pyrrole nitrogens is 1. The van der Waals surface area contributed by atoms with E-state index in [2.05, 4.69) is 15.6 Å². The molecule has 1 aromatic heterocycles. The van der Waals surface area contributed by atoms with Gasteiger partial charge in [-0.2, -0.15) is 0 Å². The van der Waals surface area contributed by atoms with Crippen molar-refractivity contribution in [3.8, 4) is 0 Å². The molecule has 0 aliphatic heterocycles. The van der Waals surface area contributed by atoms with Crippen molar-refractivity contribution in [2.75, 3.05) is 18.5 Å². The van der Waals surface area contributed by atoms with Crippen molar-refractivity contribution in [3.05, 3.63) is 65.9 Å². The van der Waals surface area contributed by atoms with Crippen LogP contribution in [0.3, 0.4) is 0 Å². The number of para-hydroxylation sites is 1. The summed E-state index contributed by atoms with van der Waals surface area (Å²) in [6.07, 6.45) is 0. The molecule has 0 saturated heterocycles. The normalized spacial score (nSPS) is 10.4. The highest BCUT2D eigenvalue weighted by molar-refractivity contribution is 5.99.